The van der Waals surface area contributed by atoms with Crippen LogP contribution in [0.15, 0.2) is 18.2 Å². The minimum absolute atomic E-state index is 0.247. The van der Waals surface area contributed by atoms with E-state index in [0.717, 1.165) is 24.3 Å². The van der Waals surface area contributed by atoms with E-state index in [0.29, 0.717) is 24.1 Å². The van der Waals surface area contributed by atoms with Gasteiger partial charge in [0.25, 0.3) is 0 Å². The van der Waals surface area contributed by atoms with E-state index in [-0.39, 0.29) is 13.4 Å². The van der Waals surface area contributed by atoms with Gasteiger partial charge in [0.2, 0.25) is 6.79 Å². The summed E-state index contributed by atoms with van der Waals surface area (Å²) in [4.78, 5) is 0. The number of aliphatic hydroxyl groups is 2. The molecular formula is C16H23NO4. The summed E-state index contributed by atoms with van der Waals surface area (Å²) in [6, 6.07) is 5.53. The molecule has 0 amide bonds. The predicted octanol–water partition coefficient (Wildman–Crippen LogP) is 1.45. The molecule has 1 heterocycles. The monoisotopic (exact) mass is 293 g/mol. The number of benzene rings is 1. The Morgan fingerprint density at radius 2 is 2.00 bits per heavy atom. The van der Waals surface area contributed by atoms with E-state index < -0.39 is 6.10 Å². The Morgan fingerprint density at radius 3 is 2.86 bits per heavy atom. The highest BCUT2D eigenvalue weighted by Crippen LogP contribution is 2.34. The molecule has 1 aliphatic heterocycles. The van der Waals surface area contributed by atoms with Crippen LogP contribution in [0.3, 0.4) is 0 Å². The maximum absolute atomic E-state index is 10.2. The van der Waals surface area contributed by atoms with Gasteiger partial charge in [0.1, 0.15) is 0 Å². The molecule has 3 N–H and O–H groups in total. The molecule has 5 nitrogen and oxygen atoms in total. The maximum atomic E-state index is 10.2. The quantitative estimate of drug-likeness (QED) is 0.740. The summed E-state index contributed by atoms with van der Waals surface area (Å²) in [6.45, 7) is 1.88. The van der Waals surface area contributed by atoms with Crippen LogP contribution in [0.1, 0.15) is 30.9 Å². The summed E-state index contributed by atoms with van der Waals surface area (Å²) in [5.74, 6) is 2.37. The van der Waals surface area contributed by atoms with Crippen molar-refractivity contribution in [1.29, 1.82) is 0 Å². The molecule has 1 aliphatic carbocycles. The van der Waals surface area contributed by atoms with Gasteiger partial charge in [0, 0.05) is 13.2 Å². The van der Waals surface area contributed by atoms with Crippen molar-refractivity contribution in [2.75, 3.05) is 26.5 Å². The van der Waals surface area contributed by atoms with Crippen molar-refractivity contribution in [1.82, 2.24) is 5.32 Å². The molecule has 0 spiro atoms. The lowest BCUT2D eigenvalue weighted by atomic mass is 9.97. The van der Waals surface area contributed by atoms with E-state index in [9.17, 15) is 10.2 Å². The Kier molecular flexibility index (Phi) is 4.63. The summed E-state index contributed by atoms with van der Waals surface area (Å²) in [5, 5.41) is 22.9. The fraction of sp³-hybridized carbons (Fsp3) is 0.625. The van der Waals surface area contributed by atoms with Crippen LogP contribution in [0.2, 0.25) is 0 Å². The number of hydrogen-bond acceptors (Lipinski definition) is 5. The van der Waals surface area contributed by atoms with Crippen molar-refractivity contribution >= 4 is 0 Å². The molecule has 0 saturated heterocycles. The molecule has 2 aliphatic rings. The Hall–Kier alpha value is -1.30. The third-order valence-electron chi connectivity index (χ3n) is 4.58. The standard InChI is InChI=1S/C16H23NO4/c18-9-13-3-1-2-12(13)7-17-8-14(19)11-4-5-15-16(6-11)21-10-20-15/h4-6,12-14,17-19H,1-3,7-10H2. The molecule has 5 heteroatoms. The van der Waals surface area contributed by atoms with E-state index in [1.54, 1.807) is 0 Å². The van der Waals surface area contributed by atoms with Gasteiger partial charge in [-0.2, -0.15) is 0 Å². The second-order valence-corrected chi connectivity index (χ2v) is 5.92. The first kappa shape index (κ1) is 14.6. The van der Waals surface area contributed by atoms with Crippen LogP contribution >= 0.6 is 0 Å². The summed E-state index contributed by atoms with van der Waals surface area (Å²) in [7, 11) is 0. The van der Waals surface area contributed by atoms with Crippen molar-refractivity contribution in [3.63, 3.8) is 0 Å². The lowest BCUT2D eigenvalue weighted by Gasteiger charge is -2.19. The van der Waals surface area contributed by atoms with Crippen molar-refractivity contribution in [3.05, 3.63) is 23.8 Å². The highest BCUT2D eigenvalue weighted by Gasteiger charge is 2.26. The molecule has 1 aromatic carbocycles. The summed E-state index contributed by atoms with van der Waals surface area (Å²) in [6.07, 6.45) is 2.92. The number of ether oxygens (including phenoxy) is 2. The van der Waals surface area contributed by atoms with Gasteiger partial charge in [0.15, 0.2) is 11.5 Å². The molecule has 116 valence electrons. The third-order valence-corrected chi connectivity index (χ3v) is 4.58. The number of rotatable bonds is 6. The van der Waals surface area contributed by atoms with E-state index in [1.165, 1.54) is 12.8 Å². The van der Waals surface area contributed by atoms with Gasteiger partial charge < -0.3 is 25.0 Å². The first-order valence-electron chi connectivity index (χ1n) is 7.67. The van der Waals surface area contributed by atoms with Crippen LogP contribution in [0, 0.1) is 11.8 Å². The molecule has 0 radical (unpaired) electrons. The fourth-order valence-corrected chi connectivity index (χ4v) is 3.27. The Balaban J connectivity index is 1.49. The minimum atomic E-state index is -0.562. The molecule has 0 bridgehead atoms. The van der Waals surface area contributed by atoms with Crippen molar-refractivity contribution in [2.24, 2.45) is 11.8 Å². The lowest BCUT2D eigenvalue weighted by Crippen LogP contribution is -2.30. The SMILES string of the molecule is OCC1CCCC1CNCC(O)c1ccc2c(c1)OCO2. The van der Waals surface area contributed by atoms with Crippen LogP contribution in [0.4, 0.5) is 0 Å². The number of nitrogens with one attached hydrogen (secondary N) is 1. The van der Waals surface area contributed by atoms with Crippen LogP contribution < -0.4 is 14.8 Å². The zero-order valence-corrected chi connectivity index (χ0v) is 12.1. The Morgan fingerprint density at radius 1 is 1.19 bits per heavy atom. The highest BCUT2D eigenvalue weighted by atomic mass is 16.7. The molecule has 3 atom stereocenters. The molecule has 1 saturated carbocycles. The van der Waals surface area contributed by atoms with Crippen molar-refractivity contribution in [2.45, 2.75) is 25.4 Å². The largest absolute Gasteiger partial charge is 0.454 e. The lowest BCUT2D eigenvalue weighted by molar-refractivity contribution is 0.162. The zero-order valence-electron chi connectivity index (χ0n) is 12.1. The molecule has 1 fully saturated rings. The average molecular weight is 293 g/mol. The molecule has 1 aromatic rings. The van der Waals surface area contributed by atoms with Gasteiger partial charge in [-0.05, 0) is 48.9 Å². The van der Waals surface area contributed by atoms with E-state index in [1.807, 2.05) is 18.2 Å². The highest BCUT2D eigenvalue weighted by molar-refractivity contribution is 5.45. The Labute approximate surface area is 124 Å². The van der Waals surface area contributed by atoms with E-state index in [2.05, 4.69) is 5.32 Å². The molecule has 3 unspecified atom stereocenters. The Bertz CT molecular complexity index is 479. The molecule has 21 heavy (non-hydrogen) atoms. The summed E-state index contributed by atoms with van der Waals surface area (Å²) in [5.41, 5.74) is 0.830. The maximum Gasteiger partial charge on any atom is 0.231 e. The number of fused-ring (bicyclic) bond motifs is 1. The summed E-state index contributed by atoms with van der Waals surface area (Å²) < 4.78 is 10.6. The zero-order chi connectivity index (χ0) is 14.7. The molecule has 3 rings (SSSR count). The van der Waals surface area contributed by atoms with Gasteiger partial charge in [-0.25, -0.2) is 0 Å². The fourth-order valence-electron chi connectivity index (χ4n) is 3.27. The van der Waals surface area contributed by atoms with Crippen LogP contribution in [0.5, 0.6) is 11.5 Å². The van der Waals surface area contributed by atoms with Gasteiger partial charge in [0.05, 0.1) is 6.10 Å². The molecular weight excluding hydrogens is 270 g/mol. The average Bonchev–Trinajstić information content (AvgIpc) is 3.14. The predicted molar refractivity (Wildman–Crippen MR) is 78.3 cm³/mol. The number of hydrogen-bond donors (Lipinski definition) is 3. The second-order valence-electron chi connectivity index (χ2n) is 5.92. The van der Waals surface area contributed by atoms with Gasteiger partial charge in [-0.15, -0.1) is 0 Å². The van der Waals surface area contributed by atoms with Crippen LogP contribution in [-0.2, 0) is 0 Å². The third kappa shape index (κ3) is 3.31. The molecule has 0 aromatic heterocycles. The smallest absolute Gasteiger partial charge is 0.231 e. The van der Waals surface area contributed by atoms with E-state index in [4.69, 9.17) is 9.47 Å². The van der Waals surface area contributed by atoms with Crippen LogP contribution in [0.25, 0.3) is 0 Å². The van der Waals surface area contributed by atoms with Crippen LogP contribution in [-0.4, -0.2) is 36.7 Å². The van der Waals surface area contributed by atoms with Crippen molar-refractivity contribution < 1.29 is 19.7 Å². The van der Waals surface area contributed by atoms with Gasteiger partial charge in [-0.1, -0.05) is 12.5 Å². The second kappa shape index (κ2) is 6.64. The van der Waals surface area contributed by atoms with Gasteiger partial charge >= 0.3 is 0 Å². The summed E-state index contributed by atoms with van der Waals surface area (Å²) >= 11 is 0. The first-order valence-corrected chi connectivity index (χ1v) is 7.67. The van der Waals surface area contributed by atoms with E-state index >= 15 is 0 Å². The normalized spacial score (nSPS) is 25.2. The first-order chi connectivity index (χ1) is 10.3. The minimum Gasteiger partial charge on any atom is -0.454 e. The topological polar surface area (TPSA) is 71.0 Å². The van der Waals surface area contributed by atoms with Gasteiger partial charge in [-0.3, -0.25) is 0 Å². The van der Waals surface area contributed by atoms with Crippen molar-refractivity contribution in [3.8, 4) is 11.5 Å². The number of aliphatic hydroxyl groups excluding tert-OH is 2.